The molecule has 0 heterocycles. The first-order chi connectivity index (χ1) is 7.23. The van der Waals surface area contributed by atoms with Gasteiger partial charge in [0.1, 0.15) is 10.1 Å². The summed E-state index contributed by atoms with van der Waals surface area (Å²) < 4.78 is 31.7. The van der Waals surface area contributed by atoms with Crippen molar-refractivity contribution in [1.29, 1.82) is 0 Å². The summed E-state index contributed by atoms with van der Waals surface area (Å²) in [7, 11) is -4.86. The number of carbonyl (C=O) groups is 2. The molecule has 0 radical (unpaired) electrons. The minimum Gasteiger partial charge on any atom is -0.744 e. The zero-order valence-corrected chi connectivity index (χ0v) is 17.3. The van der Waals surface area contributed by atoms with Crippen LogP contribution in [-0.2, 0) is 10.1 Å². The predicted octanol–water partition coefficient (Wildman–Crippen LogP) is -11.7. The van der Waals surface area contributed by atoms with E-state index in [9.17, 15) is 32.8 Å². The topological polar surface area (TPSA) is 137 Å². The molecular weight excluding hydrogens is 309 g/mol. The van der Waals surface area contributed by atoms with Gasteiger partial charge >= 0.3 is 88.7 Å². The second-order valence-electron chi connectivity index (χ2n) is 2.74. The fourth-order valence-electron chi connectivity index (χ4n) is 1.03. The number of carboxylic acid groups (broad SMARTS) is 2. The molecule has 0 saturated heterocycles. The van der Waals surface area contributed by atoms with Crippen LogP contribution in [0.3, 0.4) is 0 Å². The van der Waals surface area contributed by atoms with Gasteiger partial charge in [0.15, 0.2) is 0 Å². The van der Waals surface area contributed by atoms with Crippen molar-refractivity contribution in [3.63, 3.8) is 0 Å². The van der Waals surface area contributed by atoms with Crippen LogP contribution < -0.4 is 98.9 Å². The van der Waals surface area contributed by atoms with E-state index in [2.05, 4.69) is 0 Å². The van der Waals surface area contributed by atoms with Crippen LogP contribution in [0.5, 0.6) is 0 Å². The van der Waals surface area contributed by atoms with Gasteiger partial charge in [-0.25, -0.2) is 8.42 Å². The molecule has 0 spiro atoms. The fourth-order valence-corrected chi connectivity index (χ4v) is 1.52. The predicted molar refractivity (Wildman–Crippen MR) is 43.1 cm³/mol. The van der Waals surface area contributed by atoms with Crippen molar-refractivity contribution in [3.05, 3.63) is 29.3 Å². The third-order valence-corrected chi connectivity index (χ3v) is 2.55. The van der Waals surface area contributed by atoms with Gasteiger partial charge in [-0.2, -0.15) is 0 Å². The van der Waals surface area contributed by atoms with Gasteiger partial charge in [0.05, 0.1) is 16.8 Å². The summed E-state index contributed by atoms with van der Waals surface area (Å²) in [6.45, 7) is 0. The number of hydrogen-bond donors (Lipinski definition) is 0. The molecular formula is C8H3Na3O7S. The molecule has 7 nitrogen and oxygen atoms in total. The molecule has 0 aromatic heterocycles. The molecule has 0 aliphatic carbocycles. The van der Waals surface area contributed by atoms with E-state index in [0.717, 1.165) is 0 Å². The first-order valence-corrected chi connectivity index (χ1v) is 5.17. The van der Waals surface area contributed by atoms with E-state index in [-0.39, 0.29) is 88.7 Å². The first kappa shape index (κ1) is 25.0. The van der Waals surface area contributed by atoms with E-state index in [0.29, 0.717) is 18.2 Å². The van der Waals surface area contributed by atoms with Crippen LogP contribution in [0.25, 0.3) is 0 Å². The van der Waals surface area contributed by atoms with E-state index in [4.69, 9.17) is 0 Å². The standard InChI is InChI=1S/C8H6O7S.3Na/c9-7(10)5-2-1-4(16(13,14)15)3-6(5)8(11)12;;;/h1-3H,(H,9,10)(H,11,12)(H,13,14,15);;;/q;3*+1/p-3. The largest absolute Gasteiger partial charge is 1.00 e. The quantitative estimate of drug-likeness (QED) is 0.399. The van der Waals surface area contributed by atoms with Crippen molar-refractivity contribution in [2.75, 3.05) is 0 Å². The molecule has 0 N–H and O–H groups in total. The SMILES string of the molecule is O=C([O-])c1ccc(S(=O)(=O)[O-])cc1C(=O)[O-].[Na+].[Na+].[Na+]. The van der Waals surface area contributed by atoms with Gasteiger partial charge in [0, 0.05) is 11.1 Å². The second kappa shape index (κ2) is 9.91. The molecule has 1 rings (SSSR count). The Labute approximate surface area is 175 Å². The molecule has 0 amide bonds. The van der Waals surface area contributed by atoms with Crippen LogP contribution in [0.15, 0.2) is 23.1 Å². The summed E-state index contributed by atoms with van der Waals surface area (Å²) in [5.74, 6) is -3.72. The number of benzene rings is 1. The maximum atomic E-state index is 10.6. The van der Waals surface area contributed by atoms with Crippen molar-refractivity contribution in [2.45, 2.75) is 4.90 Å². The molecule has 0 fully saturated rings. The summed E-state index contributed by atoms with van der Waals surface area (Å²) >= 11 is 0. The number of carboxylic acids is 2. The third-order valence-electron chi connectivity index (χ3n) is 1.72. The first-order valence-electron chi connectivity index (χ1n) is 3.76. The van der Waals surface area contributed by atoms with Crippen molar-refractivity contribution >= 4 is 22.1 Å². The summed E-state index contributed by atoms with van der Waals surface area (Å²) in [6.07, 6.45) is 0. The van der Waals surface area contributed by atoms with Gasteiger partial charge in [-0.3, -0.25) is 0 Å². The van der Waals surface area contributed by atoms with Gasteiger partial charge in [-0.15, -0.1) is 0 Å². The Hall–Kier alpha value is 1.07. The summed E-state index contributed by atoms with van der Waals surface area (Å²) in [5, 5.41) is 21.0. The molecule has 0 saturated carbocycles. The van der Waals surface area contributed by atoms with E-state index in [1.165, 1.54) is 0 Å². The van der Waals surface area contributed by atoms with Gasteiger partial charge in [-0.1, -0.05) is 6.07 Å². The normalized spacial score (nSPS) is 9.32. The van der Waals surface area contributed by atoms with Crippen LogP contribution in [0.2, 0.25) is 0 Å². The molecule has 1 aromatic rings. The van der Waals surface area contributed by atoms with Crippen LogP contribution in [-0.4, -0.2) is 24.9 Å². The van der Waals surface area contributed by atoms with Crippen LogP contribution in [0.1, 0.15) is 20.7 Å². The van der Waals surface area contributed by atoms with E-state index < -0.39 is 38.1 Å². The Kier molecular flexibility index (Phi) is 13.1. The minimum atomic E-state index is -4.86. The number of carbonyl (C=O) groups excluding carboxylic acids is 2. The van der Waals surface area contributed by atoms with Crippen LogP contribution in [0, 0.1) is 0 Å². The molecule has 0 unspecified atom stereocenters. The molecule has 19 heavy (non-hydrogen) atoms. The van der Waals surface area contributed by atoms with E-state index in [1.54, 1.807) is 0 Å². The minimum absolute atomic E-state index is 0. The molecule has 11 heteroatoms. The average molecular weight is 312 g/mol. The fraction of sp³-hybridized carbons (Fsp3) is 0. The van der Waals surface area contributed by atoms with E-state index in [1.807, 2.05) is 0 Å². The molecule has 0 bridgehead atoms. The second-order valence-corrected chi connectivity index (χ2v) is 4.12. The van der Waals surface area contributed by atoms with E-state index >= 15 is 0 Å². The van der Waals surface area contributed by atoms with Gasteiger partial charge in [0.2, 0.25) is 0 Å². The maximum absolute atomic E-state index is 10.6. The molecule has 86 valence electrons. The molecule has 0 atom stereocenters. The van der Waals surface area contributed by atoms with Crippen molar-refractivity contribution < 1.29 is 121 Å². The maximum Gasteiger partial charge on any atom is 1.00 e. The zero-order chi connectivity index (χ0) is 12.5. The Morgan fingerprint density at radius 3 is 1.63 bits per heavy atom. The smallest absolute Gasteiger partial charge is 0.744 e. The van der Waals surface area contributed by atoms with Gasteiger partial charge in [0.25, 0.3) is 0 Å². The van der Waals surface area contributed by atoms with Crippen molar-refractivity contribution in [3.8, 4) is 0 Å². The Bertz CT molecular complexity index is 570. The Morgan fingerprint density at radius 2 is 1.32 bits per heavy atom. The molecule has 1 aromatic carbocycles. The number of aromatic carboxylic acids is 2. The van der Waals surface area contributed by atoms with Gasteiger partial charge in [-0.05, 0) is 12.1 Å². The summed E-state index contributed by atoms with van der Waals surface area (Å²) in [6, 6.07) is 1.76. The summed E-state index contributed by atoms with van der Waals surface area (Å²) in [5.41, 5.74) is -1.68. The Balaban J connectivity index is -0.000000853. The van der Waals surface area contributed by atoms with Gasteiger partial charge < -0.3 is 24.4 Å². The summed E-state index contributed by atoms with van der Waals surface area (Å²) in [4.78, 5) is 20.1. The van der Waals surface area contributed by atoms with Crippen molar-refractivity contribution in [1.82, 2.24) is 0 Å². The average Bonchev–Trinajstić information content (AvgIpc) is 2.15. The molecule has 0 aliphatic heterocycles. The zero-order valence-electron chi connectivity index (χ0n) is 10.5. The monoisotopic (exact) mass is 312 g/mol. The Morgan fingerprint density at radius 1 is 0.895 bits per heavy atom. The number of rotatable bonds is 3. The van der Waals surface area contributed by atoms with Crippen LogP contribution in [0.4, 0.5) is 0 Å². The number of hydrogen-bond acceptors (Lipinski definition) is 7. The third kappa shape index (κ3) is 7.05. The van der Waals surface area contributed by atoms with Crippen molar-refractivity contribution in [2.24, 2.45) is 0 Å². The van der Waals surface area contributed by atoms with Crippen LogP contribution >= 0.6 is 0 Å². The molecule has 0 aliphatic rings.